The summed E-state index contributed by atoms with van der Waals surface area (Å²) < 4.78 is 0. The monoisotopic (exact) mass is 269 g/mol. The van der Waals surface area contributed by atoms with Crippen molar-refractivity contribution < 1.29 is 9.59 Å². The van der Waals surface area contributed by atoms with Crippen LogP contribution in [0.25, 0.3) is 0 Å². The van der Waals surface area contributed by atoms with E-state index in [0.29, 0.717) is 5.69 Å². The minimum Gasteiger partial charge on any atom is -0.344 e. The van der Waals surface area contributed by atoms with E-state index in [-0.39, 0.29) is 6.54 Å². The minimum atomic E-state index is -0.681. The van der Waals surface area contributed by atoms with Crippen LogP contribution in [0.5, 0.6) is 0 Å². The topological polar surface area (TPSA) is 71.1 Å². The van der Waals surface area contributed by atoms with Gasteiger partial charge in [-0.25, -0.2) is 0 Å². The van der Waals surface area contributed by atoms with E-state index in [4.69, 9.17) is 0 Å². The maximum atomic E-state index is 11.7. The molecule has 0 spiro atoms. The molecule has 2 aromatic rings. The van der Waals surface area contributed by atoms with Crippen molar-refractivity contribution in [1.29, 1.82) is 0 Å². The number of amides is 2. The van der Waals surface area contributed by atoms with Crippen molar-refractivity contribution in [2.45, 2.75) is 13.5 Å². The summed E-state index contributed by atoms with van der Waals surface area (Å²) in [6.45, 7) is 2.19. The Morgan fingerprint density at radius 1 is 1.15 bits per heavy atom. The number of aromatic nitrogens is 1. The Labute approximate surface area is 117 Å². The van der Waals surface area contributed by atoms with Crippen LogP contribution in [0.1, 0.15) is 11.1 Å². The highest BCUT2D eigenvalue weighted by molar-refractivity contribution is 6.39. The molecule has 5 heteroatoms. The predicted molar refractivity (Wildman–Crippen MR) is 75.9 cm³/mol. The van der Waals surface area contributed by atoms with Crippen molar-refractivity contribution in [3.05, 3.63) is 59.9 Å². The number of nitrogens with zero attached hydrogens (tertiary/aromatic N) is 1. The largest absolute Gasteiger partial charge is 0.344 e. The van der Waals surface area contributed by atoms with Gasteiger partial charge >= 0.3 is 11.8 Å². The Morgan fingerprint density at radius 3 is 2.70 bits per heavy atom. The van der Waals surface area contributed by atoms with Gasteiger partial charge < -0.3 is 10.6 Å². The first-order valence-electron chi connectivity index (χ1n) is 6.20. The molecule has 20 heavy (non-hydrogen) atoms. The number of carbonyl (C=O) groups excluding carboxylic acids is 2. The lowest BCUT2D eigenvalue weighted by molar-refractivity contribution is -0.136. The van der Waals surface area contributed by atoms with Crippen LogP contribution in [0.15, 0.2) is 48.8 Å². The Bertz CT molecular complexity index is 612. The molecule has 0 aliphatic carbocycles. The third-order valence-corrected chi connectivity index (χ3v) is 2.66. The molecular formula is C15H15N3O2. The molecule has 2 amide bonds. The molecule has 5 nitrogen and oxygen atoms in total. The predicted octanol–water partition coefficient (Wildman–Crippen LogP) is 1.64. The summed E-state index contributed by atoms with van der Waals surface area (Å²) in [5, 5.41) is 5.09. The SMILES string of the molecule is Cc1cccc(NC(=O)C(=O)NCc2cccnc2)c1. The van der Waals surface area contributed by atoms with Gasteiger partial charge in [0.2, 0.25) is 0 Å². The number of aryl methyl sites for hydroxylation is 1. The van der Waals surface area contributed by atoms with Crippen LogP contribution < -0.4 is 10.6 Å². The van der Waals surface area contributed by atoms with Gasteiger partial charge in [0.1, 0.15) is 0 Å². The van der Waals surface area contributed by atoms with E-state index >= 15 is 0 Å². The second kappa shape index (κ2) is 6.47. The Balaban J connectivity index is 1.88. The first-order chi connectivity index (χ1) is 9.65. The Morgan fingerprint density at radius 2 is 2.00 bits per heavy atom. The van der Waals surface area contributed by atoms with Gasteiger partial charge in [-0.1, -0.05) is 18.2 Å². The van der Waals surface area contributed by atoms with Crippen molar-refractivity contribution >= 4 is 17.5 Å². The molecule has 0 aliphatic rings. The zero-order valence-electron chi connectivity index (χ0n) is 11.1. The number of carbonyl (C=O) groups is 2. The molecule has 0 saturated carbocycles. The molecule has 0 atom stereocenters. The van der Waals surface area contributed by atoms with Gasteiger partial charge in [0, 0.05) is 24.6 Å². The molecule has 102 valence electrons. The highest BCUT2D eigenvalue weighted by Crippen LogP contribution is 2.09. The Hall–Kier alpha value is -2.69. The van der Waals surface area contributed by atoms with E-state index in [2.05, 4.69) is 15.6 Å². The maximum Gasteiger partial charge on any atom is 0.313 e. The summed E-state index contributed by atoms with van der Waals surface area (Å²) in [6, 6.07) is 10.9. The number of anilines is 1. The van der Waals surface area contributed by atoms with Crippen molar-refractivity contribution in [3.8, 4) is 0 Å². The number of hydrogen-bond donors (Lipinski definition) is 2. The molecule has 0 aliphatic heterocycles. The number of hydrogen-bond acceptors (Lipinski definition) is 3. The summed E-state index contributed by atoms with van der Waals surface area (Å²) in [6.07, 6.45) is 3.29. The molecule has 1 heterocycles. The van der Waals surface area contributed by atoms with Gasteiger partial charge in [-0.2, -0.15) is 0 Å². The lowest BCUT2D eigenvalue weighted by Crippen LogP contribution is -2.34. The van der Waals surface area contributed by atoms with E-state index in [0.717, 1.165) is 11.1 Å². The average Bonchev–Trinajstić information content (AvgIpc) is 2.46. The van der Waals surface area contributed by atoms with Crippen LogP contribution in [0.2, 0.25) is 0 Å². The molecule has 0 saturated heterocycles. The van der Waals surface area contributed by atoms with Crippen molar-refractivity contribution in [2.75, 3.05) is 5.32 Å². The molecule has 2 rings (SSSR count). The molecule has 0 fully saturated rings. The summed E-state index contributed by atoms with van der Waals surface area (Å²) in [5.41, 5.74) is 2.45. The second-order valence-electron chi connectivity index (χ2n) is 4.37. The summed E-state index contributed by atoms with van der Waals surface area (Å²) in [7, 11) is 0. The van der Waals surface area contributed by atoms with Crippen molar-refractivity contribution in [2.24, 2.45) is 0 Å². The van der Waals surface area contributed by atoms with Crippen molar-refractivity contribution in [1.82, 2.24) is 10.3 Å². The van der Waals surface area contributed by atoms with Gasteiger partial charge in [0.15, 0.2) is 0 Å². The van der Waals surface area contributed by atoms with Crippen LogP contribution in [0.4, 0.5) is 5.69 Å². The molecule has 2 N–H and O–H groups in total. The van der Waals surface area contributed by atoms with Gasteiger partial charge in [-0.05, 0) is 36.2 Å². The van der Waals surface area contributed by atoms with Crippen LogP contribution >= 0.6 is 0 Å². The lowest BCUT2D eigenvalue weighted by atomic mass is 10.2. The van der Waals surface area contributed by atoms with Gasteiger partial charge in [0.25, 0.3) is 0 Å². The van der Waals surface area contributed by atoms with E-state index < -0.39 is 11.8 Å². The average molecular weight is 269 g/mol. The fourth-order valence-corrected chi connectivity index (χ4v) is 1.68. The number of rotatable bonds is 3. The van der Waals surface area contributed by atoms with Crippen LogP contribution in [0.3, 0.4) is 0 Å². The Kier molecular flexibility index (Phi) is 4.44. The summed E-state index contributed by atoms with van der Waals surface area (Å²) in [4.78, 5) is 27.3. The fraction of sp³-hybridized carbons (Fsp3) is 0.133. The normalized spacial score (nSPS) is 9.85. The first-order valence-corrected chi connectivity index (χ1v) is 6.20. The first kappa shape index (κ1) is 13.7. The zero-order valence-corrected chi connectivity index (χ0v) is 11.1. The smallest absolute Gasteiger partial charge is 0.313 e. The fourth-order valence-electron chi connectivity index (χ4n) is 1.68. The van der Waals surface area contributed by atoms with Crippen LogP contribution in [0, 0.1) is 6.92 Å². The van der Waals surface area contributed by atoms with E-state index in [9.17, 15) is 9.59 Å². The van der Waals surface area contributed by atoms with Gasteiger partial charge in [-0.3, -0.25) is 14.6 Å². The molecule has 1 aromatic carbocycles. The highest BCUT2D eigenvalue weighted by atomic mass is 16.2. The van der Waals surface area contributed by atoms with E-state index in [1.807, 2.05) is 25.1 Å². The molecule has 0 unspecified atom stereocenters. The van der Waals surface area contributed by atoms with Crippen LogP contribution in [-0.2, 0) is 16.1 Å². The molecule has 1 aromatic heterocycles. The quantitative estimate of drug-likeness (QED) is 0.832. The third-order valence-electron chi connectivity index (χ3n) is 2.66. The molecule has 0 bridgehead atoms. The number of nitrogens with one attached hydrogen (secondary N) is 2. The lowest BCUT2D eigenvalue weighted by Gasteiger charge is -2.07. The van der Waals surface area contributed by atoms with E-state index in [1.54, 1.807) is 30.6 Å². The molecular weight excluding hydrogens is 254 g/mol. The number of pyridine rings is 1. The summed E-state index contributed by atoms with van der Waals surface area (Å²) in [5.74, 6) is -1.35. The maximum absolute atomic E-state index is 11.7. The summed E-state index contributed by atoms with van der Waals surface area (Å²) >= 11 is 0. The number of benzene rings is 1. The van der Waals surface area contributed by atoms with Crippen molar-refractivity contribution in [3.63, 3.8) is 0 Å². The van der Waals surface area contributed by atoms with Gasteiger partial charge in [-0.15, -0.1) is 0 Å². The van der Waals surface area contributed by atoms with Crippen LogP contribution in [-0.4, -0.2) is 16.8 Å². The molecule has 0 radical (unpaired) electrons. The minimum absolute atomic E-state index is 0.272. The highest BCUT2D eigenvalue weighted by Gasteiger charge is 2.13. The second-order valence-corrected chi connectivity index (χ2v) is 4.37. The standard InChI is InChI=1S/C15H15N3O2/c1-11-4-2-6-13(8-11)18-15(20)14(19)17-10-12-5-3-7-16-9-12/h2-9H,10H2,1H3,(H,17,19)(H,18,20). The zero-order chi connectivity index (χ0) is 14.4. The van der Waals surface area contributed by atoms with Gasteiger partial charge in [0.05, 0.1) is 0 Å². The van der Waals surface area contributed by atoms with E-state index in [1.165, 1.54) is 0 Å². The third kappa shape index (κ3) is 3.91.